The highest BCUT2D eigenvalue weighted by atomic mass is 32.2. The molecule has 4 N–H and O–H groups in total. The number of nitrogens with zero attached hydrogens (tertiary/aromatic N) is 2. The van der Waals surface area contributed by atoms with Crippen molar-refractivity contribution in [2.24, 2.45) is 0 Å². The van der Waals surface area contributed by atoms with Crippen LogP contribution in [0, 0.1) is 6.92 Å². The predicted octanol–water partition coefficient (Wildman–Crippen LogP) is 4.71. The van der Waals surface area contributed by atoms with E-state index in [0.29, 0.717) is 46.7 Å². The van der Waals surface area contributed by atoms with Crippen molar-refractivity contribution in [1.29, 1.82) is 0 Å². The van der Waals surface area contributed by atoms with Crippen LogP contribution in [0.25, 0.3) is 10.9 Å². The van der Waals surface area contributed by atoms with Gasteiger partial charge in [-0.15, -0.1) is 0 Å². The fourth-order valence-corrected chi connectivity index (χ4v) is 5.97. The molecule has 1 atom stereocenters. The van der Waals surface area contributed by atoms with Gasteiger partial charge in [-0.1, -0.05) is 0 Å². The van der Waals surface area contributed by atoms with Crippen LogP contribution >= 0.6 is 0 Å². The first-order chi connectivity index (χ1) is 17.8. The van der Waals surface area contributed by atoms with Crippen molar-refractivity contribution in [1.82, 2.24) is 9.97 Å². The first-order valence-corrected chi connectivity index (χ1v) is 13.5. The number of nitrogen functional groups attached to an aromatic ring is 1. The highest BCUT2D eigenvalue weighted by Gasteiger charge is 2.32. The number of nitrogens with one attached hydrogen (secondary N) is 1. The maximum atomic E-state index is 13.3. The van der Waals surface area contributed by atoms with Crippen LogP contribution in [0.4, 0.5) is 24.7 Å². The van der Waals surface area contributed by atoms with Crippen molar-refractivity contribution in [3.63, 3.8) is 0 Å². The molecule has 0 saturated carbocycles. The lowest BCUT2D eigenvalue weighted by Crippen LogP contribution is -2.22. The van der Waals surface area contributed by atoms with Crippen LogP contribution in [0.3, 0.4) is 0 Å². The standard InChI is InChI=1S/C24H27F3N4O3S.CH2O2/c1-13(16-8-17(24(25,26)27)10-18(28)9-16)29-23-20-11-19(15-4-6-35(32,33)7-5-15)22(34-3)12-21(20)30-14(2)31-23;2-1-3/h8-13,15H,4-7,28H2,1-3H3,(H,29,30,31);1H,(H,2,3). The summed E-state index contributed by atoms with van der Waals surface area (Å²) in [7, 11) is -1.48. The number of anilines is 2. The van der Waals surface area contributed by atoms with Crippen molar-refractivity contribution in [2.45, 2.75) is 44.8 Å². The molecule has 0 spiro atoms. The Morgan fingerprint density at radius 3 is 2.37 bits per heavy atom. The van der Waals surface area contributed by atoms with E-state index in [1.54, 1.807) is 27.0 Å². The molecule has 0 bridgehead atoms. The molecule has 1 saturated heterocycles. The van der Waals surface area contributed by atoms with Crippen LogP contribution in [-0.4, -0.2) is 48.6 Å². The van der Waals surface area contributed by atoms with Gasteiger partial charge in [0.05, 0.1) is 35.7 Å². The second-order valence-electron chi connectivity index (χ2n) is 9.01. The average molecular weight is 555 g/mol. The predicted molar refractivity (Wildman–Crippen MR) is 138 cm³/mol. The van der Waals surface area contributed by atoms with E-state index < -0.39 is 27.6 Å². The largest absolute Gasteiger partial charge is 0.496 e. The molecule has 0 amide bonds. The van der Waals surface area contributed by atoms with Crippen molar-refractivity contribution >= 4 is 38.7 Å². The Bertz CT molecular complexity index is 1420. The number of aromatic nitrogens is 2. The lowest BCUT2D eigenvalue weighted by atomic mass is 9.91. The number of nitrogens with two attached hydrogens (primary N) is 1. The van der Waals surface area contributed by atoms with Gasteiger partial charge >= 0.3 is 6.18 Å². The number of ether oxygens (including phenoxy) is 1. The van der Waals surface area contributed by atoms with E-state index in [-0.39, 0.29) is 29.6 Å². The summed E-state index contributed by atoms with van der Waals surface area (Å²) in [5.41, 5.74) is 6.79. The fourth-order valence-electron chi connectivity index (χ4n) is 4.47. The highest BCUT2D eigenvalue weighted by molar-refractivity contribution is 7.91. The van der Waals surface area contributed by atoms with Gasteiger partial charge in [0.15, 0.2) is 0 Å². The van der Waals surface area contributed by atoms with Crippen molar-refractivity contribution < 1.29 is 36.2 Å². The molecule has 206 valence electrons. The Morgan fingerprint density at radius 1 is 1.16 bits per heavy atom. The molecule has 38 heavy (non-hydrogen) atoms. The van der Waals surface area contributed by atoms with E-state index in [2.05, 4.69) is 15.3 Å². The molecular formula is C25H29F3N4O5S. The van der Waals surface area contributed by atoms with Crippen LogP contribution in [0.2, 0.25) is 0 Å². The van der Waals surface area contributed by atoms with Crippen LogP contribution in [-0.2, 0) is 20.8 Å². The summed E-state index contributed by atoms with van der Waals surface area (Å²) in [6.07, 6.45) is -3.54. The number of fused-ring (bicyclic) bond motifs is 1. The van der Waals surface area contributed by atoms with Crippen molar-refractivity contribution in [3.05, 3.63) is 52.8 Å². The average Bonchev–Trinajstić information content (AvgIpc) is 2.83. The zero-order chi connectivity index (χ0) is 28.3. The summed E-state index contributed by atoms with van der Waals surface area (Å²) < 4.78 is 69.3. The molecule has 9 nitrogen and oxygen atoms in total. The minimum absolute atomic E-state index is 0.00674. The number of carboxylic acid groups (broad SMARTS) is 1. The molecule has 1 aliphatic heterocycles. The van der Waals surface area contributed by atoms with Gasteiger partial charge < -0.3 is 20.9 Å². The van der Waals surface area contributed by atoms with E-state index >= 15 is 0 Å². The second-order valence-corrected chi connectivity index (χ2v) is 11.3. The van der Waals surface area contributed by atoms with Gasteiger partial charge in [0.25, 0.3) is 6.47 Å². The normalized spacial score (nSPS) is 16.3. The summed E-state index contributed by atoms with van der Waals surface area (Å²) >= 11 is 0. The van der Waals surface area contributed by atoms with Crippen LogP contribution in [0.15, 0.2) is 30.3 Å². The molecule has 2 heterocycles. The minimum Gasteiger partial charge on any atom is -0.496 e. The SMILES string of the molecule is COc1cc2nc(C)nc(NC(C)c3cc(N)cc(C(F)(F)F)c3)c2cc1C1CCS(=O)(=O)CC1.O=CO. The van der Waals surface area contributed by atoms with Crippen LogP contribution in [0.5, 0.6) is 5.75 Å². The second kappa shape index (κ2) is 11.4. The number of methoxy groups -OCH3 is 1. The van der Waals surface area contributed by atoms with Gasteiger partial charge in [-0.3, -0.25) is 4.79 Å². The number of carbonyl (C=O) groups is 1. The fraction of sp³-hybridized carbons (Fsp3) is 0.400. The number of aryl methyl sites for hydroxylation is 1. The van der Waals surface area contributed by atoms with Crippen LogP contribution < -0.4 is 15.8 Å². The van der Waals surface area contributed by atoms with E-state index in [1.165, 1.54) is 6.07 Å². The first kappa shape index (κ1) is 29.0. The zero-order valence-electron chi connectivity index (χ0n) is 21.0. The third-order valence-electron chi connectivity index (χ3n) is 6.31. The Morgan fingerprint density at radius 2 is 1.79 bits per heavy atom. The smallest absolute Gasteiger partial charge is 0.416 e. The van der Waals surface area contributed by atoms with Crippen molar-refractivity contribution in [3.8, 4) is 5.75 Å². The number of hydrogen-bond donors (Lipinski definition) is 3. The summed E-state index contributed by atoms with van der Waals surface area (Å²) in [5, 5.41) is 10.8. The summed E-state index contributed by atoms with van der Waals surface area (Å²) in [4.78, 5) is 17.4. The van der Waals surface area contributed by atoms with E-state index in [9.17, 15) is 21.6 Å². The summed E-state index contributed by atoms with van der Waals surface area (Å²) in [6.45, 7) is 3.21. The minimum atomic E-state index is -4.51. The quantitative estimate of drug-likeness (QED) is 0.301. The Balaban J connectivity index is 0.00000127. The van der Waals surface area contributed by atoms with E-state index in [1.807, 2.05) is 6.07 Å². The summed E-state index contributed by atoms with van der Waals surface area (Å²) in [5.74, 6) is 1.78. The van der Waals surface area contributed by atoms with Gasteiger partial charge in [-0.2, -0.15) is 13.2 Å². The molecule has 0 radical (unpaired) electrons. The van der Waals surface area contributed by atoms with Gasteiger partial charge in [0.2, 0.25) is 0 Å². The lowest BCUT2D eigenvalue weighted by molar-refractivity contribution is -0.137. The van der Waals surface area contributed by atoms with Crippen molar-refractivity contribution in [2.75, 3.05) is 29.7 Å². The molecule has 0 aliphatic carbocycles. The topological polar surface area (TPSA) is 144 Å². The number of alkyl halides is 3. The summed E-state index contributed by atoms with van der Waals surface area (Å²) in [6, 6.07) is 6.62. The monoisotopic (exact) mass is 554 g/mol. The van der Waals surface area contributed by atoms with E-state index in [4.69, 9.17) is 20.4 Å². The lowest BCUT2D eigenvalue weighted by Gasteiger charge is -2.25. The molecular weight excluding hydrogens is 525 g/mol. The third-order valence-corrected chi connectivity index (χ3v) is 8.03. The Hall–Kier alpha value is -3.61. The first-order valence-electron chi connectivity index (χ1n) is 11.7. The zero-order valence-corrected chi connectivity index (χ0v) is 21.9. The Kier molecular flexibility index (Phi) is 8.70. The van der Waals surface area contributed by atoms with E-state index in [0.717, 1.165) is 17.7 Å². The third kappa shape index (κ3) is 6.82. The van der Waals surface area contributed by atoms with Gasteiger partial charge in [0, 0.05) is 17.1 Å². The molecule has 1 aliphatic rings. The van der Waals surface area contributed by atoms with Gasteiger partial charge in [0.1, 0.15) is 27.2 Å². The molecule has 1 aromatic heterocycles. The number of benzene rings is 2. The maximum absolute atomic E-state index is 13.3. The van der Waals surface area contributed by atoms with Crippen LogP contribution in [0.1, 0.15) is 54.2 Å². The van der Waals surface area contributed by atoms with Gasteiger partial charge in [-0.25, -0.2) is 18.4 Å². The Labute approximate surface area is 218 Å². The number of rotatable bonds is 5. The maximum Gasteiger partial charge on any atom is 0.416 e. The molecule has 1 fully saturated rings. The molecule has 1 unspecified atom stereocenters. The number of hydrogen-bond acceptors (Lipinski definition) is 8. The molecule has 13 heteroatoms. The number of halogens is 3. The van der Waals surface area contributed by atoms with Gasteiger partial charge in [-0.05, 0) is 68.0 Å². The molecule has 4 rings (SSSR count). The highest BCUT2D eigenvalue weighted by Crippen LogP contribution is 2.39. The number of sulfone groups is 1. The molecule has 2 aromatic carbocycles. The molecule has 3 aromatic rings.